The van der Waals surface area contributed by atoms with Crippen LogP contribution >= 0.6 is 0 Å². The number of nitriles is 1. The molecule has 1 aromatic carbocycles. The number of nitrogens with zero attached hydrogens (tertiary/aromatic N) is 4. The first kappa shape index (κ1) is 20.5. The first-order valence-corrected chi connectivity index (χ1v) is 11.0. The van der Waals surface area contributed by atoms with Gasteiger partial charge < -0.3 is 19.7 Å². The molecule has 1 saturated carbocycles. The lowest BCUT2D eigenvalue weighted by Gasteiger charge is -2.27. The van der Waals surface area contributed by atoms with Crippen LogP contribution in [0.3, 0.4) is 0 Å². The minimum Gasteiger partial charge on any atom is -0.496 e. The molecule has 1 aliphatic heterocycles. The number of aromatic nitrogens is 2. The van der Waals surface area contributed by atoms with Gasteiger partial charge in [-0.3, -0.25) is 4.79 Å². The Balaban J connectivity index is 1.41. The summed E-state index contributed by atoms with van der Waals surface area (Å²) in [5.41, 5.74) is 3.86. The third kappa shape index (κ3) is 4.04. The molecule has 2 fully saturated rings. The zero-order chi connectivity index (χ0) is 22.1. The highest BCUT2D eigenvalue weighted by Gasteiger charge is 2.28. The first-order chi connectivity index (χ1) is 15.7. The van der Waals surface area contributed by atoms with E-state index in [9.17, 15) is 10.1 Å². The molecule has 0 spiro atoms. The van der Waals surface area contributed by atoms with Crippen LogP contribution in [-0.4, -0.2) is 60.2 Å². The van der Waals surface area contributed by atoms with Crippen molar-refractivity contribution >= 4 is 17.3 Å². The van der Waals surface area contributed by atoms with Gasteiger partial charge >= 0.3 is 0 Å². The minimum atomic E-state index is -0.0158. The summed E-state index contributed by atoms with van der Waals surface area (Å²) in [5, 5.41) is 12.9. The lowest BCUT2D eigenvalue weighted by Crippen LogP contribution is -2.40. The standard InChI is InChI=1S/C24H25N5O3/c1-31-20-12-16(24(30)29-8-10-32-11-9-29)3-2-15(20)13-21-27-19-7-4-17(14-25)22(19)23(28-21)26-18-5-6-18/h2-4,12,18H,5-11,13H2,1H3,(H,26,27,28). The Labute approximate surface area is 186 Å². The summed E-state index contributed by atoms with van der Waals surface area (Å²) >= 11 is 0. The van der Waals surface area contributed by atoms with Crippen LogP contribution in [0.5, 0.6) is 5.75 Å². The Morgan fingerprint density at radius 3 is 2.84 bits per heavy atom. The van der Waals surface area contributed by atoms with Gasteiger partial charge in [0.05, 0.1) is 43.2 Å². The SMILES string of the molecule is COc1cc(C(=O)N2CCOCC2)ccc1Cc1nc2c(c(NC3CC3)n1)C(C#N)=CC2. The average molecular weight is 431 g/mol. The molecule has 0 radical (unpaired) electrons. The quantitative estimate of drug-likeness (QED) is 0.750. The minimum absolute atomic E-state index is 0.0158. The maximum Gasteiger partial charge on any atom is 0.254 e. The van der Waals surface area contributed by atoms with E-state index in [0.717, 1.165) is 35.5 Å². The Kier molecular flexibility index (Phi) is 5.50. The van der Waals surface area contributed by atoms with E-state index < -0.39 is 0 Å². The number of benzene rings is 1. The number of carbonyl (C=O) groups is 1. The number of hydrogen-bond acceptors (Lipinski definition) is 7. The van der Waals surface area contributed by atoms with Crippen LogP contribution < -0.4 is 10.1 Å². The molecule has 164 valence electrons. The van der Waals surface area contributed by atoms with Crippen molar-refractivity contribution in [3.8, 4) is 11.8 Å². The van der Waals surface area contributed by atoms with Crippen LogP contribution in [0, 0.1) is 11.3 Å². The molecule has 0 atom stereocenters. The van der Waals surface area contributed by atoms with Crippen molar-refractivity contribution in [3.63, 3.8) is 0 Å². The molecule has 3 aliphatic rings. The lowest BCUT2D eigenvalue weighted by atomic mass is 10.1. The lowest BCUT2D eigenvalue weighted by molar-refractivity contribution is 0.0302. The highest BCUT2D eigenvalue weighted by atomic mass is 16.5. The van der Waals surface area contributed by atoms with Crippen molar-refractivity contribution in [1.82, 2.24) is 14.9 Å². The molecule has 1 saturated heterocycles. The number of morpholine rings is 1. The Hall–Kier alpha value is -3.44. The molecule has 32 heavy (non-hydrogen) atoms. The van der Waals surface area contributed by atoms with Gasteiger partial charge in [-0.2, -0.15) is 5.26 Å². The van der Waals surface area contributed by atoms with E-state index in [-0.39, 0.29) is 5.91 Å². The summed E-state index contributed by atoms with van der Waals surface area (Å²) in [7, 11) is 1.61. The molecule has 2 aromatic rings. The predicted molar refractivity (Wildman–Crippen MR) is 118 cm³/mol. The number of anilines is 1. The van der Waals surface area contributed by atoms with Gasteiger partial charge in [0.1, 0.15) is 17.4 Å². The summed E-state index contributed by atoms with van der Waals surface area (Å²) in [4.78, 5) is 24.1. The van der Waals surface area contributed by atoms with Crippen molar-refractivity contribution in [2.75, 3.05) is 38.7 Å². The van der Waals surface area contributed by atoms with Gasteiger partial charge in [0.2, 0.25) is 0 Å². The van der Waals surface area contributed by atoms with Crippen LogP contribution in [-0.2, 0) is 17.6 Å². The van der Waals surface area contributed by atoms with Crippen LogP contribution in [0.1, 0.15) is 45.8 Å². The largest absolute Gasteiger partial charge is 0.496 e. The van der Waals surface area contributed by atoms with E-state index in [4.69, 9.17) is 19.4 Å². The fraction of sp³-hybridized carbons (Fsp3) is 0.417. The zero-order valence-corrected chi connectivity index (χ0v) is 18.1. The fourth-order valence-corrected chi connectivity index (χ4v) is 4.14. The van der Waals surface area contributed by atoms with E-state index in [1.54, 1.807) is 18.1 Å². The van der Waals surface area contributed by atoms with Crippen LogP contribution in [0.4, 0.5) is 5.82 Å². The number of rotatable bonds is 6. The predicted octanol–water partition coefficient (Wildman–Crippen LogP) is 2.59. The fourth-order valence-electron chi connectivity index (χ4n) is 4.14. The molecule has 1 aromatic heterocycles. The highest BCUT2D eigenvalue weighted by molar-refractivity contribution is 5.95. The number of amides is 1. The van der Waals surface area contributed by atoms with Crippen molar-refractivity contribution < 1.29 is 14.3 Å². The number of nitrogens with one attached hydrogen (secondary N) is 1. The number of allylic oxidation sites excluding steroid dienone is 2. The van der Waals surface area contributed by atoms with Crippen molar-refractivity contribution in [2.45, 2.75) is 31.7 Å². The smallest absolute Gasteiger partial charge is 0.254 e. The molecular weight excluding hydrogens is 406 g/mol. The van der Waals surface area contributed by atoms with Crippen molar-refractivity contribution in [1.29, 1.82) is 5.26 Å². The Morgan fingerprint density at radius 2 is 2.12 bits per heavy atom. The molecule has 5 rings (SSSR count). The number of hydrogen-bond donors (Lipinski definition) is 1. The zero-order valence-electron chi connectivity index (χ0n) is 18.1. The van der Waals surface area contributed by atoms with Crippen LogP contribution in [0.15, 0.2) is 24.3 Å². The molecule has 8 nitrogen and oxygen atoms in total. The van der Waals surface area contributed by atoms with E-state index >= 15 is 0 Å². The van der Waals surface area contributed by atoms with Gasteiger partial charge in [0.15, 0.2) is 0 Å². The summed E-state index contributed by atoms with van der Waals surface area (Å²) < 4.78 is 10.9. The van der Waals surface area contributed by atoms with Crippen molar-refractivity contribution in [3.05, 3.63) is 52.5 Å². The average Bonchev–Trinajstić information content (AvgIpc) is 3.55. The summed E-state index contributed by atoms with van der Waals surface area (Å²) in [5.74, 6) is 2.04. The molecule has 0 unspecified atom stereocenters. The van der Waals surface area contributed by atoms with Gasteiger partial charge in [-0.25, -0.2) is 9.97 Å². The molecule has 1 amide bonds. The topological polar surface area (TPSA) is 100 Å². The Bertz CT molecular complexity index is 1130. The third-order valence-electron chi connectivity index (χ3n) is 6.02. The van der Waals surface area contributed by atoms with Gasteiger partial charge in [0.25, 0.3) is 5.91 Å². The van der Waals surface area contributed by atoms with Gasteiger partial charge in [-0.15, -0.1) is 0 Å². The van der Waals surface area contributed by atoms with E-state index in [2.05, 4.69) is 11.4 Å². The maximum absolute atomic E-state index is 12.8. The molecular formula is C24H25N5O3. The van der Waals surface area contributed by atoms with Gasteiger partial charge in [-0.05, 0) is 25.0 Å². The number of fused-ring (bicyclic) bond motifs is 1. The first-order valence-electron chi connectivity index (χ1n) is 11.0. The summed E-state index contributed by atoms with van der Waals surface area (Å²) in [6, 6.07) is 8.22. The normalized spacial score (nSPS) is 17.4. The molecule has 0 bridgehead atoms. The molecule has 8 heteroatoms. The van der Waals surface area contributed by atoms with Crippen LogP contribution in [0.25, 0.3) is 5.57 Å². The van der Waals surface area contributed by atoms with E-state index in [1.807, 2.05) is 18.2 Å². The van der Waals surface area contributed by atoms with Gasteiger partial charge in [-0.1, -0.05) is 12.1 Å². The Morgan fingerprint density at radius 1 is 1.31 bits per heavy atom. The highest BCUT2D eigenvalue weighted by Crippen LogP contribution is 2.35. The number of carbonyl (C=O) groups excluding carboxylic acids is 1. The third-order valence-corrected chi connectivity index (χ3v) is 6.02. The second-order valence-electron chi connectivity index (χ2n) is 8.27. The van der Waals surface area contributed by atoms with E-state index in [0.29, 0.717) is 67.9 Å². The summed E-state index contributed by atoms with van der Waals surface area (Å²) in [6.45, 7) is 2.33. The number of methoxy groups -OCH3 is 1. The van der Waals surface area contributed by atoms with E-state index in [1.165, 1.54) is 0 Å². The monoisotopic (exact) mass is 431 g/mol. The molecule has 1 N–H and O–H groups in total. The summed E-state index contributed by atoms with van der Waals surface area (Å²) in [6.07, 6.45) is 5.26. The number of ether oxygens (including phenoxy) is 2. The van der Waals surface area contributed by atoms with Gasteiger partial charge in [0, 0.05) is 43.1 Å². The second kappa shape index (κ2) is 8.60. The molecule has 2 aliphatic carbocycles. The second-order valence-corrected chi connectivity index (χ2v) is 8.27. The molecule has 2 heterocycles. The van der Waals surface area contributed by atoms with Crippen LogP contribution in [0.2, 0.25) is 0 Å². The maximum atomic E-state index is 12.8. The van der Waals surface area contributed by atoms with Crippen molar-refractivity contribution in [2.24, 2.45) is 0 Å².